The second kappa shape index (κ2) is 4.94. The van der Waals surface area contributed by atoms with Crippen molar-refractivity contribution in [2.24, 2.45) is 11.7 Å². The summed E-state index contributed by atoms with van der Waals surface area (Å²) < 4.78 is 1.63. The first-order valence-electron chi connectivity index (χ1n) is 5.74. The minimum absolute atomic E-state index is 0.0308. The number of nitrogens with one attached hydrogen (secondary N) is 1. The van der Waals surface area contributed by atoms with Gasteiger partial charge in [-0.15, -0.1) is 5.10 Å². The second-order valence-electron chi connectivity index (χ2n) is 4.11. The molecule has 0 aliphatic rings. The lowest BCUT2D eigenvalue weighted by molar-refractivity contribution is 0.673. The zero-order valence-corrected chi connectivity index (χ0v) is 10.4. The quantitative estimate of drug-likeness (QED) is 0.565. The molecule has 0 spiro atoms. The third-order valence-corrected chi connectivity index (χ3v) is 2.82. The van der Waals surface area contributed by atoms with Gasteiger partial charge in [-0.3, -0.25) is 10.4 Å². The monoisotopic (exact) mass is 248 g/mol. The summed E-state index contributed by atoms with van der Waals surface area (Å²) in [5, 5.41) is 18.9. The highest BCUT2D eigenvalue weighted by atomic mass is 15.5. The molecular weight excluding hydrogens is 232 g/mol. The molecule has 0 radical (unpaired) electrons. The number of nitrogens with zero attached hydrogens (tertiary/aromatic N) is 6. The van der Waals surface area contributed by atoms with Crippen LogP contribution < -0.4 is 10.6 Å². The van der Waals surface area contributed by atoms with Crippen LogP contribution in [0.15, 0.2) is 12.4 Å². The predicted octanol–water partition coefficient (Wildman–Crippen LogP) is -0.0823. The average Bonchev–Trinajstić information content (AvgIpc) is 2.83. The molecular formula is C10H16N8. The lowest BCUT2D eigenvalue weighted by Crippen LogP contribution is -2.35. The molecule has 3 N–H and O–H groups in total. The summed E-state index contributed by atoms with van der Waals surface area (Å²) >= 11 is 0. The van der Waals surface area contributed by atoms with Crippen LogP contribution in [0.3, 0.4) is 0 Å². The van der Waals surface area contributed by atoms with E-state index < -0.39 is 0 Å². The number of amidine groups is 1. The lowest BCUT2D eigenvalue weighted by Gasteiger charge is -2.25. The van der Waals surface area contributed by atoms with Crippen LogP contribution in [-0.4, -0.2) is 43.9 Å². The van der Waals surface area contributed by atoms with E-state index in [4.69, 9.17) is 11.1 Å². The van der Waals surface area contributed by atoms with Gasteiger partial charge < -0.3 is 10.6 Å². The molecule has 0 aromatic carbocycles. The van der Waals surface area contributed by atoms with Crippen LogP contribution in [0.5, 0.6) is 0 Å². The van der Waals surface area contributed by atoms with E-state index in [1.165, 1.54) is 0 Å². The molecule has 1 atom stereocenters. The summed E-state index contributed by atoms with van der Waals surface area (Å²) in [6.45, 7) is 5.33. The molecule has 18 heavy (non-hydrogen) atoms. The molecule has 0 aliphatic carbocycles. The van der Waals surface area contributed by atoms with E-state index >= 15 is 0 Å². The predicted molar refractivity (Wildman–Crippen MR) is 67.5 cm³/mol. The summed E-state index contributed by atoms with van der Waals surface area (Å²) in [7, 11) is 0. The van der Waals surface area contributed by atoms with Gasteiger partial charge in [0.2, 0.25) is 0 Å². The third kappa shape index (κ3) is 2.22. The Morgan fingerprint density at radius 3 is 3.00 bits per heavy atom. The number of aromatic nitrogens is 5. The molecule has 0 bridgehead atoms. The van der Waals surface area contributed by atoms with Crippen molar-refractivity contribution in [3.63, 3.8) is 0 Å². The third-order valence-electron chi connectivity index (χ3n) is 2.82. The zero-order chi connectivity index (χ0) is 13.1. The number of hydrogen-bond donors (Lipinski definition) is 2. The highest BCUT2D eigenvalue weighted by Crippen LogP contribution is 2.14. The summed E-state index contributed by atoms with van der Waals surface area (Å²) in [5.41, 5.74) is 6.10. The maximum atomic E-state index is 7.45. The molecule has 8 nitrogen and oxygen atoms in total. The molecule has 2 rings (SSSR count). The summed E-state index contributed by atoms with van der Waals surface area (Å²) in [5.74, 6) is 0.940. The van der Waals surface area contributed by atoms with Crippen LogP contribution in [0.25, 0.3) is 5.65 Å². The maximum absolute atomic E-state index is 7.45. The van der Waals surface area contributed by atoms with Gasteiger partial charge in [0.1, 0.15) is 0 Å². The number of anilines is 1. The van der Waals surface area contributed by atoms with Crippen LogP contribution in [0, 0.1) is 11.3 Å². The molecule has 1 unspecified atom stereocenters. The van der Waals surface area contributed by atoms with Gasteiger partial charge >= 0.3 is 0 Å². The van der Waals surface area contributed by atoms with Crippen molar-refractivity contribution in [1.82, 2.24) is 25.0 Å². The largest absolute Gasteiger partial charge is 0.387 e. The Bertz CT molecular complexity index is 548. The summed E-state index contributed by atoms with van der Waals surface area (Å²) in [6.07, 6.45) is 3.31. The smallest absolute Gasteiger partial charge is 0.199 e. The fourth-order valence-electron chi connectivity index (χ4n) is 1.69. The molecule has 2 aromatic rings. The van der Waals surface area contributed by atoms with Crippen LogP contribution in [0.1, 0.15) is 13.8 Å². The standard InChI is InChI=1S/C10H16N8/c1-3-17(6-7(2)10(11)12)9-5-13-4-8-14-15-16-18(8)9/h4-5,7H,3,6H2,1-2H3,(H3,11,12). The Morgan fingerprint density at radius 1 is 1.56 bits per heavy atom. The number of rotatable bonds is 5. The van der Waals surface area contributed by atoms with Crippen molar-refractivity contribution in [2.45, 2.75) is 13.8 Å². The highest BCUT2D eigenvalue weighted by Gasteiger charge is 2.15. The van der Waals surface area contributed by atoms with Gasteiger partial charge in [-0.25, -0.2) is 0 Å². The summed E-state index contributed by atoms with van der Waals surface area (Å²) in [4.78, 5) is 6.16. The molecule has 0 saturated heterocycles. The van der Waals surface area contributed by atoms with Crippen LogP contribution in [0.2, 0.25) is 0 Å². The zero-order valence-electron chi connectivity index (χ0n) is 10.4. The van der Waals surface area contributed by atoms with E-state index in [0.717, 1.165) is 12.4 Å². The number of hydrogen-bond acceptors (Lipinski definition) is 6. The van der Waals surface area contributed by atoms with Gasteiger partial charge in [-0.1, -0.05) is 6.92 Å². The Kier molecular flexibility index (Phi) is 3.35. The van der Waals surface area contributed by atoms with E-state index in [0.29, 0.717) is 12.2 Å². The van der Waals surface area contributed by atoms with E-state index in [1.807, 2.05) is 18.7 Å². The molecule has 96 valence electrons. The highest BCUT2D eigenvalue weighted by molar-refractivity contribution is 5.79. The van der Waals surface area contributed by atoms with Crippen LogP contribution in [0.4, 0.5) is 5.82 Å². The topological polar surface area (TPSA) is 109 Å². The minimum atomic E-state index is -0.0308. The molecule has 0 saturated carbocycles. The van der Waals surface area contributed by atoms with E-state index in [1.54, 1.807) is 16.9 Å². The van der Waals surface area contributed by atoms with Gasteiger partial charge in [0.05, 0.1) is 18.2 Å². The Labute approximate surface area is 104 Å². The number of fused-ring (bicyclic) bond motifs is 1. The Balaban J connectivity index is 2.32. The van der Waals surface area contributed by atoms with Crippen molar-refractivity contribution >= 4 is 17.3 Å². The molecule has 0 fully saturated rings. The lowest BCUT2D eigenvalue weighted by atomic mass is 10.1. The second-order valence-corrected chi connectivity index (χ2v) is 4.11. The molecule has 8 heteroatoms. The average molecular weight is 248 g/mol. The van der Waals surface area contributed by atoms with E-state index in [9.17, 15) is 0 Å². The Hall–Kier alpha value is -2.25. The molecule has 2 heterocycles. The number of tetrazole rings is 1. The maximum Gasteiger partial charge on any atom is 0.199 e. The normalized spacial score (nSPS) is 12.6. The minimum Gasteiger partial charge on any atom is -0.387 e. The fourth-order valence-corrected chi connectivity index (χ4v) is 1.69. The van der Waals surface area contributed by atoms with Crippen LogP contribution in [-0.2, 0) is 0 Å². The van der Waals surface area contributed by atoms with Crippen molar-refractivity contribution in [2.75, 3.05) is 18.0 Å². The van der Waals surface area contributed by atoms with Crippen molar-refractivity contribution in [3.05, 3.63) is 12.4 Å². The van der Waals surface area contributed by atoms with Crippen molar-refractivity contribution in [3.8, 4) is 0 Å². The van der Waals surface area contributed by atoms with Crippen LogP contribution >= 0.6 is 0 Å². The number of nitrogens with two attached hydrogens (primary N) is 1. The van der Waals surface area contributed by atoms with E-state index in [-0.39, 0.29) is 11.8 Å². The first kappa shape index (κ1) is 12.2. The first-order chi connectivity index (χ1) is 8.63. The molecule has 0 aliphatic heterocycles. The molecule has 2 aromatic heterocycles. The SMILES string of the molecule is CCN(CC(C)C(=N)N)c1cncc2nnnn12. The van der Waals surface area contributed by atoms with Crippen molar-refractivity contribution in [1.29, 1.82) is 5.41 Å². The van der Waals surface area contributed by atoms with Gasteiger partial charge in [0.25, 0.3) is 0 Å². The van der Waals surface area contributed by atoms with Gasteiger partial charge in [-0.2, -0.15) is 4.52 Å². The van der Waals surface area contributed by atoms with Gasteiger partial charge in [-0.05, 0) is 17.4 Å². The van der Waals surface area contributed by atoms with Gasteiger partial charge in [0, 0.05) is 19.0 Å². The molecule has 0 amide bonds. The van der Waals surface area contributed by atoms with Gasteiger partial charge in [0.15, 0.2) is 11.5 Å². The van der Waals surface area contributed by atoms with Crippen molar-refractivity contribution < 1.29 is 0 Å². The Morgan fingerprint density at radius 2 is 2.33 bits per heavy atom. The fraction of sp³-hybridized carbons (Fsp3) is 0.500. The first-order valence-corrected chi connectivity index (χ1v) is 5.74. The van der Waals surface area contributed by atoms with E-state index in [2.05, 4.69) is 20.5 Å². The summed E-state index contributed by atoms with van der Waals surface area (Å²) in [6, 6.07) is 0.